The minimum atomic E-state index is -0.839. The first-order valence-electron chi connectivity index (χ1n) is 37.8. The van der Waals surface area contributed by atoms with Gasteiger partial charge in [0.25, 0.3) is 0 Å². The van der Waals surface area contributed by atoms with E-state index in [1.165, 1.54) is 340 Å². The van der Waals surface area contributed by atoms with Crippen LogP contribution in [-0.4, -0.2) is 47.4 Å². The predicted octanol–water partition coefficient (Wildman–Crippen LogP) is 24.7. The van der Waals surface area contributed by atoms with Crippen molar-refractivity contribution in [2.45, 2.75) is 431 Å². The third kappa shape index (κ3) is 69.1. The molecule has 1 amide bonds. The molecule has 0 fully saturated rings. The molecule has 6 heteroatoms. The molecule has 0 bridgehead atoms. The zero-order valence-electron chi connectivity index (χ0n) is 56.2. The van der Waals surface area contributed by atoms with Crippen molar-refractivity contribution in [3.8, 4) is 0 Å². The Hall–Kier alpha value is -1.92. The van der Waals surface area contributed by atoms with Crippen LogP contribution in [0.4, 0.5) is 0 Å². The van der Waals surface area contributed by atoms with Crippen molar-refractivity contribution < 1.29 is 24.5 Å². The Morgan fingerprint density at radius 3 is 0.940 bits per heavy atom. The second-order valence-electron chi connectivity index (χ2n) is 26.0. The number of carbonyl (C=O) groups is 2. The minimum Gasteiger partial charge on any atom is -0.466 e. The summed E-state index contributed by atoms with van der Waals surface area (Å²) in [6.07, 6.45) is 94.1. The highest BCUT2D eigenvalue weighted by Gasteiger charge is 2.18. The van der Waals surface area contributed by atoms with Crippen molar-refractivity contribution in [2.24, 2.45) is 0 Å². The van der Waals surface area contributed by atoms with E-state index in [4.69, 9.17) is 4.74 Å². The second kappa shape index (κ2) is 72.6. The van der Waals surface area contributed by atoms with Gasteiger partial charge in [-0.25, -0.2) is 0 Å². The number of unbranched alkanes of at least 4 members (excludes halogenated alkanes) is 56. The normalized spacial score (nSPS) is 12.7. The van der Waals surface area contributed by atoms with E-state index >= 15 is 0 Å². The quantitative estimate of drug-likeness (QED) is 0.0320. The average molecular weight is 1170 g/mol. The number of rotatable bonds is 71. The van der Waals surface area contributed by atoms with Crippen LogP contribution in [0.15, 0.2) is 36.5 Å². The lowest BCUT2D eigenvalue weighted by Gasteiger charge is -2.20. The number of allylic oxidation sites excluding steroid dienone is 5. The average Bonchev–Trinajstić information content (AvgIpc) is 3.49. The van der Waals surface area contributed by atoms with Crippen LogP contribution in [-0.2, 0) is 14.3 Å². The van der Waals surface area contributed by atoms with Crippen molar-refractivity contribution >= 4 is 11.9 Å². The first-order chi connectivity index (χ1) is 41.0. The number of ether oxygens (including phenoxy) is 1. The summed E-state index contributed by atoms with van der Waals surface area (Å²) >= 11 is 0. The van der Waals surface area contributed by atoms with Gasteiger partial charge < -0.3 is 20.3 Å². The van der Waals surface area contributed by atoms with Crippen molar-refractivity contribution in [1.29, 1.82) is 0 Å². The lowest BCUT2D eigenvalue weighted by atomic mass is 10.0. The Morgan fingerprint density at radius 2 is 0.602 bits per heavy atom. The molecule has 0 aliphatic rings. The second-order valence-corrected chi connectivity index (χ2v) is 26.0. The first kappa shape index (κ1) is 81.1. The van der Waals surface area contributed by atoms with Crippen molar-refractivity contribution in [2.75, 3.05) is 13.2 Å². The SMILES string of the molecule is CCCCC/C=C\C/C=C\CCCCCCCCCC(=O)OCCCCCCCCCCCCCCCCCCCCCCCCCCCCCCCCCCCCCCCC(=O)NC(CO)C(O)/C=C/CCCCCCCCCCCC. The number of esters is 1. The minimum absolute atomic E-state index is 0.0158. The Morgan fingerprint density at radius 1 is 0.337 bits per heavy atom. The molecule has 83 heavy (non-hydrogen) atoms. The van der Waals surface area contributed by atoms with Gasteiger partial charge in [-0.15, -0.1) is 0 Å². The van der Waals surface area contributed by atoms with E-state index in [1.807, 2.05) is 6.08 Å². The zero-order chi connectivity index (χ0) is 59.9. The van der Waals surface area contributed by atoms with Crippen LogP contribution >= 0.6 is 0 Å². The number of aliphatic hydroxyl groups excluding tert-OH is 2. The number of carbonyl (C=O) groups excluding carboxylic acids is 2. The molecule has 490 valence electrons. The van der Waals surface area contributed by atoms with Gasteiger partial charge in [-0.1, -0.05) is 378 Å². The Balaban J connectivity index is 3.29. The summed E-state index contributed by atoms with van der Waals surface area (Å²) in [5, 5.41) is 23.1. The van der Waals surface area contributed by atoms with Gasteiger partial charge in [0.1, 0.15) is 0 Å². The highest BCUT2D eigenvalue weighted by molar-refractivity contribution is 5.76. The largest absolute Gasteiger partial charge is 0.466 e. The number of nitrogens with one attached hydrogen (secondary N) is 1. The van der Waals surface area contributed by atoms with E-state index in [9.17, 15) is 19.8 Å². The predicted molar refractivity (Wildman–Crippen MR) is 366 cm³/mol. The molecule has 0 saturated carbocycles. The fourth-order valence-electron chi connectivity index (χ4n) is 11.9. The van der Waals surface area contributed by atoms with Gasteiger partial charge >= 0.3 is 5.97 Å². The maximum atomic E-state index is 12.5. The lowest BCUT2D eigenvalue weighted by Crippen LogP contribution is -2.45. The summed E-state index contributed by atoms with van der Waals surface area (Å²) in [7, 11) is 0. The number of hydrogen-bond acceptors (Lipinski definition) is 5. The summed E-state index contributed by atoms with van der Waals surface area (Å²) in [5.41, 5.74) is 0. The lowest BCUT2D eigenvalue weighted by molar-refractivity contribution is -0.143. The molecule has 0 spiro atoms. The topological polar surface area (TPSA) is 95.9 Å². The van der Waals surface area contributed by atoms with E-state index in [0.29, 0.717) is 19.4 Å². The summed E-state index contributed by atoms with van der Waals surface area (Å²) in [6, 6.07) is -0.622. The van der Waals surface area contributed by atoms with Crippen LogP contribution in [0.5, 0.6) is 0 Å². The Kier molecular flexibility index (Phi) is 70.9. The highest BCUT2D eigenvalue weighted by atomic mass is 16.5. The molecular weight excluding hydrogens is 1020 g/mol. The van der Waals surface area contributed by atoms with Crippen LogP contribution < -0.4 is 5.32 Å². The molecule has 0 saturated heterocycles. The maximum Gasteiger partial charge on any atom is 0.305 e. The monoisotopic (exact) mass is 1170 g/mol. The third-order valence-corrected chi connectivity index (χ3v) is 17.7. The van der Waals surface area contributed by atoms with Gasteiger partial charge in [-0.3, -0.25) is 9.59 Å². The van der Waals surface area contributed by atoms with Crippen molar-refractivity contribution in [3.05, 3.63) is 36.5 Å². The van der Waals surface area contributed by atoms with E-state index in [-0.39, 0.29) is 18.5 Å². The molecule has 0 aromatic rings. The third-order valence-electron chi connectivity index (χ3n) is 17.7. The van der Waals surface area contributed by atoms with Crippen LogP contribution in [0.1, 0.15) is 418 Å². The molecule has 0 aliphatic heterocycles. The van der Waals surface area contributed by atoms with Crippen molar-refractivity contribution in [1.82, 2.24) is 5.32 Å². The smallest absolute Gasteiger partial charge is 0.305 e. The zero-order valence-corrected chi connectivity index (χ0v) is 56.2. The summed E-state index contributed by atoms with van der Waals surface area (Å²) in [4.78, 5) is 24.6. The molecule has 0 heterocycles. The van der Waals surface area contributed by atoms with E-state index < -0.39 is 12.1 Å². The Labute approximate surface area is 519 Å². The van der Waals surface area contributed by atoms with Gasteiger partial charge in [0.05, 0.1) is 25.4 Å². The summed E-state index contributed by atoms with van der Waals surface area (Å²) in [5.74, 6) is -0.0454. The standard InChI is InChI=1S/C77H147NO5/c1-3-5-7-9-11-13-15-17-18-40-44-47-51-55-59-63-67-71-77(82)83-72-68-64-60-56-52-48-45-42-39-37-35-33-31-29-27-25-23-21-19-20-22-24-26-28-30-32-34-36-38-41-43-46-50-54-58-62-66-70-76(81)78-74(73-79)75(80)69-65-61-57-53-49-16-14-12-10-8-6-4-2/h11,13,17-18,65,69,74-75,79-80H,3-10,12,14-16,19-64,66-68,70-73H2,1-2H3,(H,78,81)/b13-11-,18-17-,69-65+. The van der Waals surface area contributed by atoms with Gasteiger partial charge in [-0.05, 0) is 64.2 Å². The van der Waals surface area contributed by atoms with Crippen LogP contribution in [0.2, 0.25) is 0 Å². The molecule has 0 aromatic heterocycles. The van der Waals surface area contributed by atoms with Gasteiger partial charge in [0.15, 0.2) is 0 Å². The van der Waals surface area contributed by atoms with E-state index in [0.717, 1.165) is 51.4 Å². The molecule has 2 atom stereocenters. The fourth-order valence-corrected chi connectivity index (χ4v) is 11.9. The van der Waals surface area contributed by atoms with Gasteiger partial charge in [0.2, 0.25) is 5.91 Å². The maximum absolute atomic E-state index is 12.5. The van der Waals surface area contributed by atoms with Crippen LogP contribution in [0, 0.1) is 0 Å². The number of hydrogen-bond donors (Lipinski definition) is 3. The molecule has 0 aliphatic carbocycles. The molecule has 0 rings (SSSR count). The van der Waals surface area contributed by atoms with Crippen LogP contribution in [0.3, 0.4) is 0 Å². The number of aliphatic hydroxyl groups is 2. The van der Waals surface area contributed by atoms with Gasteiger partial charge in [-0.2, -0.15) is 0 Å². The molecule has 0 radical (unpaired) electrons. The Bertz CT molecular complexity index is 1340. The fraction of sp³-hybridized carbons (Fsp3) is 0.896. The molecule has 0 aromatic carbocycles. The number of amides is 1. The van der Waals surface area contributed by atoms with E-state index in [1.54, 1.807) is 6.08 Å². The van der Waals surface area contributed by atoms with Crippen molar-refractivity contribution in [3.63, 3.8) is 0 Å². The molecular formula is C77H147NO5. The van der Waals surface area contributed by atoms with E-state index in [2.05, 4.69) is 43.5 Å². The molecule has 2 unspecified atom stereocenters. The highest BCUT2D eigenvalue weighted by Crippen LogP contribution is 2.19. The summed E-state index contributed by atoms with van der Waals surface area (Å²) in [6.45, 7) is 4.90. The summed E-state index contributed by atoms with van der Waals surface area (Å²) < 4.78 is 5.51. The first-order valence-corrected chi connectivity index (χ1v) is 37.8. The van der Waals surface area contributed by atoms with Crippen LogP contribution in [0.25, 0.3) is 0 Å². The molecule has 6 nitrogen and oxygen atoms in total. The van der Waals surface area contributed by atoms with Gasteiger partial charge in [0, 0.05) is 12.8 Å². The molecule has 3 N–H and O–H groups in total.